The summed E-state index contributed by atoms with van der Waals surface area (Å²) in [6.45, 7) is 11.5. The Labute approximate surface area is 447 Å². The van der Waals surface area contributed by atoms with Gasteiger partial charge in [-0.05, 0) is 104 Å². The molecule has 2 aromatic carbocycles. The van der Waals surface area contributed by atoms with Gasteiger partial charge >= 0.3 is 5.97 Å². The van der Waals surface area contributed by atoms with E-state index in [2.05, 4.69) is 107 Å². The second-order valence-corrected chi connectivity index (χ2v) is 27.1. The zero-order valence-corrected chi connectivity index (χ0v) is 47.0. The average molecular weight is 1070 g/mol. The van der Waals surface area contributed by atoms with Crippen LogP contribution in [0.2, 0.25) is 0 Å². The fourth-order valence-corrected chi connectivity index (χ4v) is 18.0. The number of nitrogens with zero attached hydrogens (tertiary/aromatic N) is 2. The Morgan fingerprint density at radius 1 is 0.814 bits per heavy atom. The maximum absolute atomic E-state index is 12.9. The minimum atomic E-state index is -0.303. The van der Waals surface area contributed by atoms with Crippen molar-refractivity contribution in [2.75, 3.05) is 0 Å². The van der Waals surface area contributed by atoms with Gasteiger partial charge in [-0.3, -0.25) is 4.99 Å². The Morgan fingerprint density at radius 3 is 2.29 bits per heavy atom. The van der Waals surface area contributed by atoms with Crippen LogP contribution in [0.1, 0.15) is 135 Å². The maximum atomic E-state index is 12.9. The van der Waals surface area contributed by atoms with Crippen molar-refractivity contribution in [3.05, 3.63) is 121 Å². The highest BCUT2D eigenvalue weighted by Gasteiger charge is 2.34. The number of para-hydroxylation sites is 1. The van der Waals surface area contributed by atoms with Crippen LogP contribution in [-0.4, -0.2) is 22.5 Å². The fourth-order valence-electron chi connectivity index (χ4n) is 9.60. The van der Waals surface area contributed by atoms with Gasteiger partial charge in [-0.25, -0.2) is 9.78 Å². The van der Waals surface area contributed by atoms with E-state index in [0.717, 1.165) is 71.0 Å². The molecular weight excluding hydrogens is 1020 g/mol. The molecule has 0 aliphatic carbocycles. The summed E-state index contributed by atoms with van der Waals surface area (Å²) >= 11 is 18.5. The summed E-state index contributed by atoms with van der Waals surface area (Å²) < 4.78 is 6.73. The van der Waals surface area contributed by atoms with Gasteiger partial charge in [-0.15, -0.1) is 81.1 Å². The molecule has 5 aromatic heterocycles. The van der Waals surface area contributed by atoms with E-state index >= 15 is 0 Å². The Hall–Kier alpha value is -3.66. The Balaban J connectivity index is 1.05. The summed E-state index contributed by atoms with van der Waals surface area (Å²) in [5.41, 5.74) is 5.77. The number of benzene rings is 2. The van der Waals surface area contributed by atoms with Crippen LogP contribution in [0.15, 0.2) is 99.9 Å². The van der Waals surface area contributed by atoms with E-state index < -0.39 is 0 Å². The number of rotatable bonds is 20. The quantitative estimate of drug-likeness (QED) is 0.0261. The second-order valence-electron chi connectivity index (χ2n) is 18.4. The van der Waals surface area contributed by atoms with Crippen LogP contribution >= 0.6 is 92.8 Å². The third kappa shape index (κ3) is 10.8. The minimum absolute atomic E-state index is 0.198. The summed E-state index contributed by atoms with van der Waals surface area (Å²) in [5.74, 6) is 1.70. The van der Waals surface area contributed by atoms with Crippen LogP contribution in [0.4, 0.5) is 5.69 Å². The monoisotopic (exact) mass is 1070 g/mol. The molecule has 10 rings (SSSR count). The molecule has 0 fully saturated rings. The van der Waals surface area contributed by atoms with E-state index in [1.165, 1.54) is 90.9 Å². The topological polar surface area (TPSA) is 63.6 Å². The Kier molecular flexibility index (Phi) is 16.1. The van der Waals surface area contributed by atoms with Gasteiger partial charge in [-0.1, -0.05) is 115 Å². The molecule has 0 amide bonds. The van der Waals surface area contributed by atoms with E-state index in [9.17, 15) is 4.79 Å². The molecule has 4 unspecified atom stereocenters. The van der Waals surface area contributed by atoms with Crippen molar-refractivity contribution < 1.29 is 9.53 Å². The van der Waals surface area contributed by atoms with Crippen molar-refractivity contribution in [1.82, 2.24) is 10.3 Å². The van der Waals surface area contributed by atoms with E-state index in [0.29, 0.717) is 28.5 Å². The highest BCUT2D eigenvalue weighted by molar-refractivity contribution is 8.09. The van der Waals surface area contributed by atoms with Crippen LogP contribution in [0.3, 0.4) is 0 Å². The number of nitrogens with one attached hydrogen (secondary N) is 1. The Bertz CT molecular complexity index is 3140. The van der Waals surface area contributed by atoms with Crippen LogP contribution in [-0.2, 0) is 4.79 Å². The van der Waals surface area contributed by atoms with Gasteiger partial charge in [0.2, 0.25) is 0 Å². The van der Waals surface area contributed by atoms with Gasteiger partial charge in [0.15, 0.2) is 0 Å². The molecule has 3 aliphatic rings. The largest absolute Gasteiger partial charge is 0.422 e. The van der Waals surface area contributed by atoms with E-state index in [1.54, 1.807) is 45.3 Å². The van der Waals surface area contributed by atoms with Crippen LogP contribution in [0.25, 0.3) is 56.2 Å². The van der Waals surface area contributed by atoms with Crippen molar-refractivity contribution in [2.45, 2.75) is 121 Å². The summed E-state index contributed by atoms with van der Waals surface area (Å²) in [4.78, 5) is 37.2. The highest BCUT2D eigenvalue weighted by Crippen LogP contribution is 2.57. The predicted molar refractivity (Wildman–Crippen MR) is 314 cm³/mol. The number of thiophene rings is 4. The number of ether oxygens (including phenoxy) is 1. The summed E-state index contributed by atoms with van der Waals surface area (Å²) in [7, 11) is 0. The molecule has 7 aromatic rings. The number of carbonyl (C=O) groups is 1. The molecule has 3 aliphatic heterocycles. The number of aromatic nitrogens is 1. The Morgan fingerprint density at radius 2 is 1.51 bits per heavy atom. The number of esters is 1. The molecular formula is C57H59N3O2S8. The molecule has 0 bridgehead atoms. The lowest BCUT2D eigenvalue weighted by molar-refractivity contribution is -0.126. The fraction of sp³-hybridized carbons (Fsp3) is 0.351. The summed E-state index contributed by atoms with van der Waals surface area (Å²) in [5, 5.41) is 5.34. The maximum Gasteiger partial charge on any atom is 0.344 e. The number of thioether (sulfide) groups is 2. The van der Waals surface area contributed by atoms with Crippen molar-refractivity contribution in [3.8, 4) is 35.1 Å². The first kappa shape index (κ1) is 49.9. The third-order valence-corrected chi connectivity index (χ3v) is 22.3. The molecule has 70 heavy (non-hydrogen) atoms. The average Bonchev–Trinajstić information content (AvgIpc) is 4.22. The molecule has 0 saturated heterocycles. The van der Waals surface area contributed by atoms with E-state index in [1.807, 2.05) is 65.2 Å². The molecule has 1 N–H and O–H groups in total. The molecule has 4 atom stereocenters. The molecule has 13 heteroatoms. The first-order chi connectivity index (χ1) is 34.2. The van der Waals surface area contributed by atoms with Crippen LogP contribution in [0, 0.1) is 18.8 Å². The third-order valence-electron chi connectivity index (χ3n) is 13.5. The molecule has 8 heterocycles. The first-order valence-corrected chi connectivity index (χ1v) is 31.1. The number of fused-ring (bicyclic) bond motifs is 2. The zero-order chi connectivity index (χ0) is 48.3. The predicted octanol–water partition coefficient (Wildman–Crippen LogP) is 19.6. The van der Waals surface area contributed by atoms with Gasteiger partial charge in [-0.2, -0.15) is 0 Å². The number of allylic oxidation sites excluding steroid dienone is 2. The van der Waals surface area contributed by atoms with Gasteiger partial charge in [0.25, 0.3) is 0 Å². The zero-order valence-electron chi connectivity index (χ0n) is 40.3. The first-order valence-electron chi connectivity index (χ1n) is 24.8. The summed E-state index contributed by atoms with van der Waals surface area (Å²) in [6, 6.07) is 25.2. The normalized spacial score (nSPS) is 18.3. The number of thiazole rings is 1. The second kappa shape index (κ2) is 22.6. The van der Waals surface area contributed by atoms with E-state index in [4.69, 9.17) is 27.3 Å². The number of carbonyl (C=O) groups excluding carboxylic acids is 1. The van der Waals surface area contributed by atoms with Crippen molar-refractivity contribution in [1.29, 1.82) is 0 Å². The number of aryl methyl sites for hydroxylation is 1. The van der Waals surface area contributed by atoms with E-state index in [-0.39, 0.29) is 11.2 Å². The molecule has 0 saturated carbocycles. The van der Waals surface area contributed by atoms with Gasteiger partial charge in [0.1, 0.15) is 10.8 Å². The number of unbranched alkanes of at least 4 members (excludes halogenated alkanes) is 2. The molecule has 0 spiro atoms. The number of aliphatic imine (C=N–C) groups is 1. The SMILES string of the molecule is CCCCC(CC)CC1=CCC(c2c(S)c(/N=C/c3ccc(-c4ccc(C)s4)s3)c(C3=CNC(CC(CC)CCCC)S3)c3sc(-c4ccc(-c5ccc(/C=C6/C(=O)Oc7ccccc76)s5)s4)nc23)S1. The summed E-state index contributed by atoms with van der Waals surface area (Å²) in [6.07, 6.45) is 22.0. The number of thiol groups is 1. The van der Waals surface area contributed by atoms with Gasteiger partial charge in [0.05, 0.1) is 31.7 Å². The van der Waals surface area contributed by atoms with Crippen LogP contribution < -0.4 is 10.1 Å². The lowest BCUT2D eigenvalue weighted by atomic mass is 9.95. The molecule has 362 valence electrons. The number of hydrogen-bond donors (Lipinski definition) is 2. The lowest BCUT2D eigenvalue weighted by Crippen LogP contribution is -2.20. The van der Waals surface area contributed by atoms with Crippen molar-refractivity contribution >= 4 is 137 Å². The van der Waals surface area contributed by atoms with Crippen LogP contribution in [0.5, 0.6) is 5.75 Å². The smallest absolute Gasteiger partial charge is 0.344 e. The highest BCUT2D eigenvalue weighted by atomic mass is 32.2. The lowest BCUT2D eigenvalue weighted by Gasteiger charge is -2.21. The molecule has 0 radical (unpaired) electrons. The van der Waals surface area contributed by atoms with Gasteiger partial charge in [0, 0.05) is 78.3 Å². The van der Waals surface area contributed by atoms with Crippen molar-refractivity contribution in [2.24, 2.45) is 16.8 Å². The minimum Gasteiger partial charge on any atom is -0.422 e. The van der Waals surface area contributed by atoms with Crippen molar-refractivity contribution in [3.63, 3.8) is 0 Å². The van der Waals surface area contributed by atoms with Gasteiger partial charge < -0.3 is 10.1 Å². The standard InChI is InChI=1S/C57H59N3O2S8/c1-6-10-14-34(8-3)28-36-20-25-46(66-36)50-53-55(70-56(60-53)47-27-26-45(68-47)44-23-19-37(65-44)30-40-39-16-12-13-17-41(39)62-57(40)61)51(48-32-58-49(69-48)29-35(9-4)15-11-7-2)52(54(50)63)59-31-38-21-24-43(67-38)42-22-18-33(5)64-42/h12-13,16-24,26-27,30-32,34-35,46,49,58,63H,6-11,14-15,25,28-29H2,1-5H3/b40-30+,59-31+. The molecule has 5 nitrogen and oxygen atoms in total. The number of hydrogen-bond acceptors (Lipinski definition) is 13.